The van der Waals surface area contributed by atoms with Gasteiger partial charge in [0, 0.05) is 22.0 Å². The second-order valence-electron chi connectivity index (χ2n) is 6.32. The van der Waals surface area contributed by atoms with Crippen molar-refractivity contribution in [1.82, 2.24) is 4.98 Å². The lowest BCUT2D eigenvalue weighted by Gasteiger charge is -2.10. The molecule has 0 saturated heterocycles. The predicted molar refractivity (Wildman–Crippen MR) is 118 cm³/mol. The molecule has 0 unspecified atom stereocenters. The summed E-state index contributed by atoms with van der Waals surface area (Å²) in [6.45, 7) is -0.545. The third kappa shape index (κ3) is 5.99. The summed E-state index contributed by atoms with van der Waals surface area (Å²) in [5.74, 6) is -2.64. The summed E-state index contributed by atoms with van der Waals surface area (Å²) in [6, 6.07) is 5.89. The molecule has 2 aromatic heterocycles. The summed E-state index contributed by atoms with van der Waals surface area (Å²) in [5, 5.41) is 8.95. The molecule has 1 amide bonds. The van der Waals surface area contributed by atoms with Crippen molar-refractivity contribution in [2.45, 2.75) is 6.42 Å². The third-order valence-corrected chi connectivity index (χ3v) is 5.69. The number of carbonyl (C=O) groups is 4. The molecule has 0 aliphatic carbocycles. The van der Waals surface area contributed by atoms with Gasteiger partial charge in [0.25, 0.3) is 5.91 Å². The van der Waals surface area contributed by atoms with Crippen LogP contribution < -0.4 is 5.32 Å². The minimum absolute atomic E-state index is 0.0488. The smallest absolute Gasteiger partial charge is 0.337 e. The number of thiophene rings is 1. The number of nitrogens with one attached hydrogen (secondary N) is 1. The second kappa shape index (κ2) is 10.6. The minimum atomic E-state index is -0.692. The minimum Gasteiger partial charge on any atom is -0.465 e. The summed E-state index contributed by atoms with van der Waals surface area (Å²) in [7, 11) is 2.38. The highest BCUT2D eigenvalue weighted by molar-refractivity contribution is 7.14. The fourth-order valence-corrected chi connectivity index (χ4v) is 4.15. The van der Waals surface area contributed by atoms with Gasteiger partial charge in [0.05, 0.1) is 37.5 Å². The van der Waals surface area contributed by atoms with Crippen LogP contribution in [0.2, 0.25) is 0 Å². The Kier molecular flexibility index (Phi) is 7.68. The van der Waals surface area contributed by atoms with Crippen LogP contribution in [0.15, 0.2) is 40.4 Å². The number of hydrogen-bond donors (Lipinski definition) is 1. The summed E-state index contributed by atoms with van der Waals surface area (Å²) >= 11 is 2.98. The Hall–Kier alpha value is -3.57. The van der Waals surface area contributed by atoms with Gasteiger partial charge in [-0.15, -0.1) is 11.3 Å². The van der Waals surface area contributed by atoms with E-state index < -0.39 is 30.4 Å². The zero-order valence-corrected chi connectivity index (χ0v) is 18.7. The highest BCUT2D eigenvalue weighted by Gasteiger charge is 2.16. The van der Waals surface area contributed by atoms with Crippen LogP contribution in [-0.4, -0.2) is 49.6 Å². The van der Waals surface area contributed by atoms with Gasteiger partial charge < -0.3 is 19.5 Å². The van der Waals surface area contributed by atoms with Crippen molar-refractivity contribution in [3.8, 4) is 10.6 Å². The van der Waals surface area contributed by atoms with E-state index in [0.717, 1.165) is 10.6 Å². The van der Waals surface area contributed by atoms with Gasteiger partial charge in [-0.25, -0.2) is 14.6 Å². The molecule has 0 radical (unpaired) electrons. The Balaban J connectivity index is 1.57. The quantitative estimate of drug-likeness (QED) is 0.390. The number of esters is 3. The highest BCUT2D eigenvalue weighted by atomic mass is 32.1. The van der Waals surface area contributed by atoms with E-state index >= 15 is 0 Å². The lowest BCUT2D eigenvalue weighted by Crippen LogP contribution is -2.22. The van der Waals surface area contributed by atoms with Gasteiger partial charge in [-0.1, -0.05) is 0 Å². The summed E-state index contributed by atoms with van der Waals surface area (Å²) in [4.78, 5) is 52.3. The van der Waals surface area contributed by atoms with Gasteiger partial charge in [0.1, 0.15) is 5.01 Å². The first kappa shape index (κ1) is 23.1. The Bertz CT molecular complexity index is 1100. The number of amides is 1. The van der Waals surface area contributed by atoms with Crippen LogP contribution in [0.25, 0.3) is 10.6 Å². The number of aromatic nitrogens is 1. The van der Waals surface area contributed by atoms with Gasteiger partial charge >= 0.3 is 17.9 Å². The summed E-state index contributed by atoms with van der Waals surface area (Å²) in [6.07, 6.45) is -0.0712. The number of ether oxygens (including phenoxy) is 3. The fourth-order valence-electron chi connectivity index (χ4n) is 2.62. The lowest BCUT2D eigenvalue weighted by atomic mass is 10.1. The van der Waals surface area contributed by atoms with Gasteiger partial charge in [0.15, 0.2) is 6.61 Å². The van der Waals surface area contributed by atoms with E-state index in [1.165, 1.54) is 43.8 Å². The van der Waals surface area contributed by atoms with Crippen LogP contribution in [0, 0.1) is 0 Å². The molecule has 11 heteroatoms. The molecule has 1 aromatic carbocycles. The van der Waals surface area contributed by atoms with Gasteiger partial charge in [0.2, 0.25) is 0 Å². The van der Waals surface area contributed by atoms with Gasteiger partial charge in [-0.2, -0.15) is 11.3 Å². The molecule has 0 bridgehead atoms. The molecule has 0 aliphatic heterocycles. The van der Waals surface area contributed by atoms with Crippen molar-refractivity contribution in [1.29, 1.82) is 0 Å². The topological polar surface area (TPSA) is 121 Å². The summed E-state index contributed by atoms with van der Waals surface area (Å²) in [5.41, 5.74) is 1.78. The van der Waals surface area contributed by atoms with Crippen molar-refractivity contribution < 1.29 is 33.4 Å². The number of hydrogen-bond acceptors (Lipinski definition) is 10. The van der Waals surface area contributed by atoms with E-state index in [0.29, 0.717) is 5.69 Å². The predicted octanol–water partition coefficient (Wildman–Crippen LogP) is 3.17. The number of carbonyl (C=O) groups excluding carboxylic acids is 4. The maximum absolute atomic E-state index is 12.2. The van der Waals surface area contributed by atoms with E-state index in [4.69, 9.17) is 4.74 Å². The number of benzene rings is 1. The summed E-state index contributed by atoms with van der Waals surface area (Å²) < 4.78 is 14.3. The van der Waals surface area contributed by atoms with Crippen LogP contribution in [-0.2, 0) is 30.2 Å². The number of rotatable bonds is 8. The van der Waals surface area contributed by atoms with Crippen molar-refractivity contribution in [2.75, 3.05) is 26.1 Å². The van der Waals surface area contributed by atoms with E-state index in [-0.39, 0.29) is 23.2 Å². The zero-order chi connectivity index (χ0) is 23.1. The average Bonchev–Trinajstić information content (AvgIpc) is 3.48. The first-order valence-electron chi connectivity index (χ1n) is 9.13. The van der Waals surface area contributed by atoms with Crippen LogP contribution in [0.5, 0.6) is 0 Å². The molecule has 0 spiro atoms. The van der Waals surface area contributed by atoms with Crippen molar-refractivity contribution >= 4 is 52.2 Å². The average molecular weight is 475 g/mol. The molecule has 0 fully saturated rings. The maximum atomic E-state index is 12.2. The van der Waals surface area contributed by atoms with Crippen LogP contribution in [0.1, 0.15) is 26.4 Å². The Morgan fingerprint density at radius 3 is 2.28 bits per heavy atom. The Labute approximate surface area is 191 Å². The normalized spacial score (nSPS) is 10.3. The van der Waals surface area contributed by atoms with Crippen molar-refractivity contribution in [3.63, 3.8) is 0 Å². The zero-order valence-electron chi connectivity index (χ0n) is 17.1. The second-order valence-corrected chi connectivity index (χ2v) is 7.96. The number of anilines is 1. The Morgan fingerprint density at radius 2 is 1.69 bits per heavy atom. The number of methoxy groups -OCH3 is 2. The molecule has 9 nitrogen and oxygen atoms in total. The molecule has 0 saturated carbocycles. The first-order chi connectivity index (χ1) is 15.4. The largest absolute Gasteiger partial charge is 0.465 e. The molecule has 3 aromatic rings. The molecule has 1 N–H and O–H groups in total. The fraction of sp³-hybridized carbons (Fsp3) is 0.190. The molecule has 32 heavy (non-hydrogen) atoms. The van der Waals surface area contributed by atoms with E-state index in [1.807, 2.05) is 16.8 Å². The maximum Gasteiger partial charge on any atom is 0.337 e. The molecular formula is C21H18N2O7S2. The number of thiazole rings is 1. The molecule has 2 heterocycles. The Morgan fingerprint density at radius 1 is 1.00 bits per heavy atom. The van der Waals surface area contributed by atoms with Crippen molar-refractivity contribution in [2.24, 2.45) is 0 Å². The SMILES string of the molecule is COC(=O)c1cc(NC(=O)COC(=O)Cc2csc(-c3ccsc3)n2)cc(C(=O)OC)c1. The highest BCUT2D eigenvalue weighted by Crippen LogP contribution is 2.26. The molecule has 166 valence electrons. The van der Waals surface area contributed by atoms with Crippen LogP contribution in [0.3, 0.4) is 0 Å². The third-order valence-electron chi connectivity index (χ3n) is 4.07. The van der Waals surface area contributed by atoms with E-state index in [9.17, 15) is 19.2 Å². The van der Waals surface area contributed by atoms with Crippen LogP contribution >= 0.6 is 22.7 Å². The van der Waals surface area contributed by atoms with Crippen molar-refractivity contribution in [3.05, 3.63) is 57.2 Å². The van der Waals surface area contributed by atoms with Crippen LogP contribution in [0.4, 0.5) is 5.69 Å². The molecule has 3 rings (SSSR count). The molecule has 0 aliphatic rings. The van der Waals surface area contributed by atoms with E-state index in [1.54, 1.807) is 16.7 Å². The van der Waals surface area contributed by atoms with Gasteiger partial charge in [-0.3, -0.25) is 9.59 Å². The molecule has 0 atom stereocenters. The monoisotopic (exact) mass is 474 g/mol. The first-order valence-corrected chi connectivity index (χ1v) is 11.0. The lowest BCUT2D eigenvalue weighted by molar-refractivity contribution is -0.146. The van der Waals surface area contributed by atoms with Gasteiger partial charge in [-0.05, 0) is 29.6 Å². The number of nitrogens with zero attached hydrogens (tertiary/aromatic N) is 1. The standard InChI is InChI=1S/C21H18N2O7S2/c1-28-20(26)13-5-14(21(27)29-2)7-15(6-13)22-17(24)9-30-18(25)8-16-11-32-19(23-16)12-3-4-31-10-12/h3-7,10-11H,8-9H2,1-2H3,(H,22,24). The molecular weight excluding hydrogens is 456 g/mol. The van der Waals surface area contributed by atoms with E-state index in [2.05, 4.69) is 19.8 Å².